The van der Waals surface area contributed by atoms with E-state index in [1.165, 1.54) is 0 Å². The first kappa shape index (κ1) is 17.0. The average molecular weight is 333 g/mol. The molecule has 0 unspecified atom stereocenters. The maximum absolute atomic E-state index is 12.4. The quantitative estimate of drug-likeness (QED) is 0.792. The Balaban J connectivity index is 1.86. The van der Waals surface area contributed by atoms with Gasteiger partial charge in [-0.25, -0.2) is 4.79 Å². The van der Waals surface area contributed by atoms with Crippen LogP contribution in [0.1, 0.15) is 63.0 Å². The summed E-state index contributed by atoms with van der Waals surface area (Å²) in [7, 11) is 0. The maximum Gasteiger partial charge on any atom is 0.410 e. The predicted molar refractivity (Wildman–Crippen MR) is 91.3 cm³/mol. The number of nitrogens with zero attached hydrogens (tertiary/aromatic N) is 3. The SMILES string of the molecule is Cc1c([C@H]2CCCN(C(=O)OC(C)(C)C)C2)n2c(nc1=O)CCC2. The summed E-state index contributed by atoms with van der Waals surface area (Å²) in [6.45, 7) is 9.75. The lowest BCUT2D eigenvalue weighted by Gasteiger charge is -2.35. The van der Waals surface area contributed by atoms with E-state index in [0.29, 0.717) is 13.1 Å². The van der Waals surface area contributed by atoms with Crippen LogP contribution in [0, 0.1) is 6.92 Å². The van der Waals surface area contributed by atoms with Crippen molar-refractivity contribution in [3.8, 4) is 0 Å². The summed E-state index contributed by atoms with van der Waals surface area (Å²) in [6, 6.07) is 0. The summed E-state index contributed by atoms with van der Waals surface area (Å²) in [5.74, 6) is 1.08. The van der Waals surface area contributed by atoms with Gasteiger partial charge in [0, 0.05) is 43.2 Å². The van der Waals surface area contributed by atoms with Gasteiger partial charge in [0.25, 0.3) is 5.56 Å². The minimum Gasteiger partial charge on any atom is -0.444 e. The number of carbonyl (C=O) groups excluding carboxylic acids is 1. The Bertz CT molecular complexity index is 703. The molecule has 0 aliphatic carbocycles. The molecule has 1 saturated heterocycles. The van der Waals surface area contributed by atoms with E-state index in [0.717, 1.165) is 49.3 Å². The van der Waals surface area contributed by atoms with Crippen molar-refractivity contribution in [2.45, 2.75) is 71.4 Å². The van der Waals surface area contributed by atoms with Crippen LogP contribution < -0.4 is 5.56 Å². The molecule has 0 N–H and O–H groups in total. The van der Waals surface area contributed by atoms with E-state index in [9.17, 15) is 9.59 Å². The van der Waals surface area contributed by atoms with E-state index in [1.54, 1.807) is 4.90 Å². The smallest absolute Gasteiger partial charge is 0.410 e. The van der Waals surface area contributed by atoms with Gasteiger partial charge >= 0.3 is 6.09 Å². The third-order valence-corrected chi connectivity index (χ3v) is 4.78. The second-order valence-electron chi connectivity index (χ2n) is 7.86. The Kier molecular flexibility index (Phi) is 4.40. The largest absolute Gasteiger partial charge is 0.444 e. The molecular formula is C18H27N3O3. The molecule has 132 valence electrons. The Labute approximate surface area is 142 Å². The molecule has 24 heavy (non-hydrogen) atoms. The van der Waals surface area contributed by atoms with Crippen molar-refractivity contribution >= 4 is 6.09 Å². The second kappa shape index (κ2) is 6.22. The molecule has 0 saturated carbocycles. The highest BCUT2D eigenvalue weighted by atomic mass is 16.6. The first-order valence-electron chi connectivity index (χ1n) is 8.84. The number of carbonyl (C=O) groups is 1. The molecule has 0 aromatic carbocycles. The molecule has 2 aliphatic heterocycles. The van der Waals surface area contributed by atoms with Gasteiger partial charge in [-0.2, -0.15) is 4.98 Å². The van der Waals surface area contributed by atoms with Gasteiger partial charge in [0.1, 0.15) is 11.4 Å². The summed E-state index contributed by atoms with van der Waals surface area (Å²) < 4.78 is 7.72. The van der Waals surface area contributed by atoms with Crippen molar-refractivity contribution in [3.05, 3.63) is 27.4 Å². The van der Waals surface area contributed by atoms with Crippen molar-refractivity contribution in [2.75, 3.05) is 13.1 Å². The molecule has 1 amide bonds. The Morgan fingerprint density at radius 1 is 1.25 bits per heavy atom. The summed E-state index contributed by atoms with van der Waals surface area (Å²) >= 11 is 0. The van der Waals surface area contributed by atoms with Crippen LogP contribution in [0.2, 0.25) is 0 Å². The number of likely N-dealkylation sites (tertiary alicyclic amines) is 1. The second-order valence-corrected chi connectivity index (χ2v) is 7.86. The van der Waals surface area contributed by atoms with Crippen molar-refractivity contribution in [2.24, 2.45) is 0 Å². The predicted octanol–water partition coefficient (Wildman–Crippen LogP) is 2.61. The minimum absolute atomic E-state index is 0.118. The van der Waals surface area contributed by atoms with Crippen molar-refractivity contribution in [1.29, 1.82) is 0 Å². The number of hydrogen-bond donors (Lipinski definition) is 0. The zero-order valence-electron chi connectivity index (χ0n) is 15.1. The van der Waals surface area contributed by atoms with E-state index >= 15 is 0 Å². The van der Waals surface area contributed by atoms with E-state index in [-0.39, 0.29) is 17.6 Å². The molecule has 1 aromatic heterocycles. The topological polar surface area (TPSA) is 64.4 Å². The van der Waals surface area contributed by atoms with Crippen LogP contribution in [0.15, 0.2) is 4.79 Å². The molecule has 1 atom stereocenters. The molecule has 6 heteroatoms. The standard InChI is InChI=1S/C18H27N3O3/c1-12-15(21-10-6-8-14(21)19-16(12)22)13-7-5-9-20(11-13)17(23)24-18(2,3)4/h13H,5-11H2,1-4H3/t13-/m0/s1. The van der Waals surface area contributed by atoms with Gasteiger partial charge in [-0.05, 0) is 47.0 Å². The Morgan fingerprint density at radius 2 is 2.00 bits per heavy atom. The Hall–Kier alpha value is -1.85. The van der Waals surface area contributed by atoms with Crippen LogP contribution in [0.4, 0.5) is 4.79 Å². The summed E-state index contributed by atoms with van der Waals surface area (Å²) in [6.07, 6.45) is 3.55. The number of fused-ring (bicyclic) bond motifs is 1. The number of aryl methyl sites for hydroxylation is 1. The third kappa shape index (κ3) is 3.32. The number of amides is 1. The molecule has 0 radical (unpaired) electrons. The van der Waals surface area contributed by atoms with Crippen LogP contribution in [-0.4, -0.2) is 39.2 Å². The van der Waals surface area contributed by atoms with Gasteiger partial charge in [-0.15, -0.1) is 0 Å². The minimum atomic E-state index is -0.491. The molecule has 6 nitrogen and oxygen atoms in total. The van der Waals surface area contributed by atoms with Gasteiger partial charge in [0.15, 0.2) is 0 Å². The van der Waals surface area contributed by atoms with Gasteiger partial charge in [-0.3, -0.25) is 4.79 Å². The third-order valence-electron chi connectivity index (χ3n) is 4.78. The van der Waals surface area contributed by atoms with E-state index in [2.05, 4.69) is 9.55 Å². The average Bonchev–Trinajstić information content (AvgIpc) is 2.94. The molecule has 1 fully saturated rings. The number of ether oxygens (including phenoxy) is 1. The van der Waals surface area contributed by atoms with Gasteiger partial charge in [0.05, 0.1) is 0 Å². The van der Waals surface area contributed by atoms with Crippen molar-refractivity contribution < 1.29 is 9.53 Å². The van der Waals surface area contributed by atoms with Gasteiger partial charge < -0.3 is 14.2 Å². The molecule has 2 aliphatic rings. The van der Waals surface area contributed by atoms with Gasteiger partial charge in [-0.1, -0.05) is 0 Å². The Morgan fingerprint density at radius 3 is 2.71 bits per heavy atom. The molecule has 0 bridgehead atoms. The summed E-state index contributed by atoms with van der Waals surface area (Å²) in [5, 5.41) is 0. The van der Waals surface area contributed by atoms with Crippen molar-refractivity contribution in [3.63, 3.8) is 0 Å². The molecule has 3 rings (SSSR count). The van der Waals surface area contributed by atoms with Gasteiger partial charge in [0.2, 0.25) is 0 Å². The first-order chi connectivity index (χ1) is 11.3. The summed E-state index contributed by atoms with van der Waals surface area (Å²) in [5.41, 5.74) is 1.20. The fraction of sp³-hybridized carbons (Fsp3) is 0.722. The maximum atomic E-state index is 12.4. The lowest BCUT2D eigenvalue weighted by molar-refractivity contribution is 0.0195. The number of piperidine rings is 1. The summed E-state index contributed by atoms with van der Waals surface area (Å²) in [4.78, 5) is 30.6. The van der Waals surface area contributed by atoms with E-state index < -0.39 is 5.60 Å². The highest BCUT2D eigenvalue weighted by Crippen LogP contribution is 2.31. The van der Waals surface area contributed by atoms with Crippen LogP contribution in [-0.2, 0) is 17.7 Å². The zero-order chi connectivity index (χ0) is 17.5. The molecule has 0 spiro atoms. The van der Waals surface area contributed by atoms with Crippen molar-refractivity contribution in [1.82, 2.24) is 14.5 Å². The fourth-order valence-corrected chi connectivity index (χ4v) is 3.77. The van der Waals surface area contributed by atoms with Crippen LogP contribution in [0.3, 0.4) is 0 Å². The first-order valence-corrected chi connectivity index (χ1v) is 8.84. The highest BCUT2D eigenvalue weighted by Gasteiger charge is 2.32. The molecule has 3 heterocycles. The monoisotopic (exact) mass is 333 g/mol. The van der Waals surface area contributed by atoms with Crippen LogP contribution in [0.25, 0.3) is 0 Å². The molecule has 1 aromatic rings. The van der Waals surface area contributed by atoms with E-state index in [1.807, 2.05) is 27.7 Å². The van der Waals surface area contributed by atoms with E-state index in [4.69, 9.17) is 4.74 Å². The highest BCUT2D eigenvalue weighted by molar-refractivity contribution is 5.68. The fourth-order valence-electron chi connectivity index (χ4n) is 3.77. The number of hydrogen-bond acceptors (Lipinski definition) is 4. The lowest BCUT2D eigenvalue weighted by Crippen LogP contribution is -2.43. The zero-order valence-corrected chi connectivity index (χ0v) is 15.1. The molecular weight excluding hydrogens is 306 g/mol. The normalized spacial score (nSPS) is 20.8. The lowest BCUT2D eigenvalue weighted by atomic mass is 9.92. The van der Waals surface area contributed by atoms with Crippen LogP contribution in [0.5, 0.6) is 0 Å². The van der Waals surface area contributed by atoms with Crippen LogP contribution >= 0.6 is 0 Å². The number of rotatable bonds is 1. The number of aromatic nitrogens is 2.